The van der Waals surface area contributed by atoms with E-state index in [0.29, 0.717) is 17.2 Å². The van der Waals surface area contributed by atoms with Gasteiger partial charge in [0.15, 0.2) is 0 Å². The van der Waals surface area contributed by atoms with Gasteiger partial charge < -0.3 is 10.3 Å². The van der Waals surface area contributed by atoms with E-state index in [-0.39, 0.29) is 0 Å². The highest BCUT2D eigenvalue weighted by Crippen LogP contribution is 2.35. The lowest BCUT2D eigenvalue weighted by Gasteiger charge is -2.27. The van der Waals surface area contributed by atoms with Gasteiger partial charge in [-0.05, 0) is 24.2 Å². The van der Waals surface area contributed by atoms with Gasteiger partial charge in [-0.2, -0.15) is 0 Å². The molecule has 1 fully saturated rings. The maximum Gasteiger partial charge on any atom is 0.145 e. The molecule has 0 spiro atoms. The summed E-state index contributed by atoms with van der Waals surface area (Å²) in [5.41, 5.74) is 3.00. The van der Waals surface area contributed by atoms with Crippen LogP contribution in [0.3, 0.4) is 0 Å². The summed E-state index contributed by atoms with van der Waals surface area (Å²) in [5.74, 6) is 8.81. The van der Waals surface area contributed by atoms with E-state index < -0.39 is 0 Å². The fourth-order valence-electron chi connectivity index (χ4n) is 2.73. The Morgan fingerprint density at radius 2 is 2.15 bits per heavy atom. The van der Waals surface area contributed by atoms with Crippen LogP contribution in [0.4, 0.5) is 11.6 Å². The fraction of sp³-hybridized carbons (Fsp3) is 0.733. The highest BCUT2D eigenvalue weighted by molar-refractivity contribution is 5.49. The topological polar surface area (TPSA) is 67.1 Å². The van der Waals surface area contributed by atoms with E-state index in [1.807, 2.05) is 6.07 Å². The zero-order valence-electron chi connectivity index (χ0n) is 13.1. The smallest absolute Gasteiger partial charge is 0.145 e. The molecule has 112 valence electrons. The maximum absolute atomic E-state index is 5.52. The molecular weight excluding hydrogens is 250 g/mol. The summed E-state index contributed by atoms with van der Waals surface area (Å²) in [6, 6.07) is 1.95. The molecule has 1 unspecified atom stereocenters. The maximum atomic E-state index is 5.52. The Bertz CT molecular complexity index is 452. The third-order valence-electron chi connectivity index (χ3n) is 4.12. The molecule has 0 amide bonds. The number of anilines is 2. The molecule has 1 atom stereocenters. The quantitative estimate of drug-likeness (QED) is 0.654. The number of aromatic nitrogens is 2. The van der Waals surface area contributed by atoms with Crippen LogP contribution >= 0.6 is 0 Å². The van der Waals surface area contributed by atoms with Crippen molar-refractivity contribution in [3.05, 3.63) is 11.9 Å². The van der Waals surface area contributed by atoms with Crippen molar-refractivity contribution in [1.82, 2.24) is 9.97 Å². The molecule has 1 aliphatic heterocycles. The van der Waals surface area contributed by atoms with E-state index in [2.05, 4.69) is 48.0 Å². The van der Waals surface area contributed by atoms with Gasteiger partial charge in [0, 0.05) is 25.6 Å². The van der Waals surface area contributed by atoms with Crippen LogP contribution in [0.2, 0.25) is 0 Å². The summed E-state index contributed by atoms with van der Waals surface area (Å²) in [6.07, 6.45) is 3.15. The zero-order valence-corrected chi connectivity index (χ0v) is 13.1. The van der Waals surface area contributed by atoms with Crippen LogP contribution in [0.25, 0.3) is 0 Å². The highest BCUT2D eigenvalue weighted by Gasteiger charge is 2.32. The molecule has 5 nitrogen and oxygen atoms in total. The molecule has 0 saturated carbocycles. The van der Waals surface area contributed by atoms with Crippen LogP contribution in [0.1, 0.15) is 46.4 Å². The summed E-state index contributed by atoms with van der Waals surface area (Å²) >= 11 is 0. The molecular formula is C15H27N5. The van der Waals surface area contributed by atoms with E-state index in [1.54, 1.807) is 0 Å². The van der Waals surface area contributed by atoms with Crippen LogP contribution in [0.15, 0.2) is 6.07 Å². The van der Waals surface area contributed by atoms with E-state index in [0.717, 1.165) is 37.6 Å². The molecule has 0 aliphatic carbocycles. The molecule has 3 N–H and O–H groups in total. The average molecular weight is 277 g/mol. The van der Waals surface area contributed by atoms with Crippen molar-refractivity contribution in [2.45, 2.75) is 47.0 Å². The number of hydrogen-bond donors (Lipinski definition) is 2. The van der Waals surface area contributed by atoms with Crippen molar-refractivity contribution >= 4 is 11.6 Å². The third-order valence-corrected chi connectivity index (χ3v) is 4.12. The lowest BCUT2D eigenvalue weighted by molar-refractivity contribution is 0.263. The largest absolute Gasteiger partial charge is 0.356 e. The first kappa shape index (κ1) is 15.0. The minimum atomic E-state index is 0.350. The Morgan fingerprint density at radius 1 is 1.40 bits per heavy atom. The lowest BCUT2D eigenvalue weighted by Crippen LogP contribution is -2.27. The van der Waals surface area contributed by atoms with Crippen LogP contribution in [-0.4, -0.2) is 23.1 Å². The second kappa shape index (κ2) is 5.95. The molecule has 1 aromatic rings. The number of nitrogens with one attached hydrogen (secondary N) is 1. The monoisotopic (exact) mass is 277 g/mol. The fourth-order valence-corrected chi connectivity index (χ4v) is 2.73. The van der Waals surface area contributed by atoms with Gasteiger partial charge >= 0.3 is 0 Å². The van der Waals surface area contributed by atoms with E-state index in [9.17, 15) is 0 Å². The first-order valence-corrected chi connectivity index (χ1v) is 7.53. The van der Waals surface area contributed by atoms with Crippen LogP contribution < -0.4 is 16.2 Å². The van der Waals surface area contributed by atoms with Crippen molar-refractivity contribution in [2.24, 2.45) is 17.2 Å². The molecule has 0 aromatic carbocycles. The second-order valence-corrected chi connectivity index (χ2v) is 6.72. The number of hydrogen-bond acceptors (Lipinski definition) is 5. The first-order chi connectivity index (χ1) is 9.44. The summed E-state index contributed by atoms with van der Waals surface area (Å²) in [6.45, 7) is 11.2. The van der Waals surface area contributed by atoms with Gasteiger partial charge in [-0.3, -0.25) is 0 Å². The van der Waals surface area contributed by atoms with Gasteiger partial charge in [-0.25, -0.2) is 15.8 Å². The number of aryl methyl sites for hydroxylation is 1. The normalized spacial score (nSPS) is 19.4. The first-order valence-electron chi connectivity index (χ1n) is 7.53. The lowest BCUT2D eigenvalue weighted by atomic mass is 9.80. The number of hydrazine groups is 1. The Hall–Kier alpha value is -1.36. The number of nitrogens with two attached hydrogens (primary N) is 1. The molecule has 1 saturated heterocycles. The Balaban J connectivity index is 2.18. The molecule has 0 bridgehead atoms. The second-order valence-electron chi connectivity index (χ2n) is 6.72. The van der Waals surface area contributed by atoms with Gasteiger partial charge in [0.1, 0.15) is 17.5 Å². The standard InChI is InChI=1S/C15H27N5/c1-5-6-12-17-13(19-16)9-14(18-12)20-8-7-11(10-20)15(2,3)4/h9,11H,5-8,10,16H2,1-4H3,(H,17,18,19). The number of nitrogens with zero attached hydrogens (tertiary/aromatic N) is 3. The minimum Gasteiger partial charge on any atom is -0.356 e. The predicted octanol–water partition coefficient (Wildman–Crippen LogP) is 2.59. The Labute approximate surface area is 121 Å². The minimum absolute atomic E-state index is 0.350. The van der Waals surface area contributed by atoms with Gasteiger partial charge in [0.25, 0.3) is 0 Å². The van der Waals surface area contributed by atoms with Crippen LogP contribution in [-0.2, 0) is 6.42 Å². The molecule has 2 heterocycles. The molecule has 20 heavy (non-hydrogen) atoms. The summed E-state index contributed by atoms with van der Waals surface area (Å²) in [7, 11) is 0. The zero-order chi connectivity index (χ0) is 14.8. The molecule has 5 heteroatoms. The van der Waals surface area contributed by atoms with Crippen molar-refractivity contribution in [1.29, 1.82) is 0 Å². The molecule has 1 aromatic heterocycles. The van der Waals surface area contributed by atoms with Crippen molar-refractivity contribution in [3.63, 3.8) is 0 Å². The summed E-state index contributed by atoms with van der Waals surface area (Å²) in [5, 5.41) is 0. The third kappa shape index (κ3) is 3.39. The number of rotatable bonds is 4. The SMILES string of the molecule is CCCc1nc(NN)cc(N2CCC(C(C)(C)C)C2)n1. The predicted molar refractivity (Wildman–Crippen MR) is 83.6 cm³/mol. The summed E-state index contributed by atoms with van der Waals surface area (Å²) < 4.78 is 0. The van der Waals surface area contributed by atoms with Gasteiger partial charge in [-0.15, -0.1) is 0 Å². The van der Waals surface area contributed by atoms with Crippen molar-refractivity contribution in [3.8, 4) is 0 Å². The molecule has 2 rings (SSSR count). The highest BCUT2D eigenvalue weighted by atomic mass is 15.3. The van der Waals surface area contributed by atoms with E-state index in [1.165, 1.54) is 6.42 Å². The molecule has 1 aliphatic rings. The number of nitrogen functional groups attached to an aromatic ring is 1. The van der Waals surface area contributed by atoms with E-state index >= 15 is 0 Å². The Kier molecular flexibility index (Phi) is 4.48. The summed E-state index contributed by atoms with van der Waals surface area (Å²) in [4.78, 5) is 11.5. The van der Waals surface area contributed by atoms with Crippen molar-refractivity contribution in [2.75, 3.05) is 23.4 Å². The Morgan fingerprint density at radius 3 is 2.70 bits per heavy atom. The van der Waals surface area contributed by atoms with Gasteiger partial charge in [0.05, 0.1) is 0 Å². The van der Waals surface area contributed by atoms with E-state index in [4.69, 9.17) is 5.84 Å². The van der Waals surface area contributed by atoms with Crippen molar-refractivity contribution < 1.29 is 0 Å². The van der Waals surface area contributed by atoms with Gasteiger partial charge in [0.2, 0.25) is 0 Å². The van der Waals surface area contributed by atoms with Crippen LogP contribution in [0, 0.1) is 11.3 Å². The van der Waals surface area contributed by atoms with Gasteiger partial charge in [-0.1, -0.05) is 27.7 Å². The molecule has 0 radical (unpaired) electrons. The van der Waals surface area contributed by atoms with Crippen LogP contribution in [0.5, 0.6) is 0 Å². The average Bonchev–Trinajstić information content (AvgIpc) is 2.88.